The van der Waals surface area contributed by atoms with E-state index in [-0.39, 0.29) is 12.5 Å². The van der Waals surface area contributed by atoms with Crippen LogP contribution < -0.4 is 5.32 Å². The zero-order chi connectivity index (χ0) is 13.4. The largest absolute Gasteiger partial charge is 0.481 e. The van der Waals surface area contributed by atoms with Crippen molar-refractivity contribution in [2.45, 2.75) is 47.0 Å². The zero-order valence-electron chi connectivity index (χ0n) is 11.3. The van der Waals surface area contributed by atoms with Crippen molar-refractivity contribution < 1.29 is 14.7 Å². The number of hydrogen-bond donors (Lipinski definition) is 2. The van der Waals surface area contributed by atoms with Crippen molar-refractivity contribution in [1.29, 1.82) is 0 Å². The fourth-order valence-corrected chi connectivity index (χ4v) is 1.59. The van der Waals surface area contributed by atoms with Crippen LogP contribution in [0.25, 0.3) is 0 Å². The summed E-state index contributed by atoms with van der Waals surface area (Å²) in [4.78, 5) is 22.4. The maximum Gasteiger partial charge on any atom is 0.308 e. The third kappa shape index (κ3) is 8.72. The Balaban J connectivity index is 3.95. The minimum Gasteiger partial charge on any atom is -0.481 e. The second-order valence-corrected chi connectivity index (χ2v) is 5.40. The van der Waals surface area contributed by atoms with Crippen LogP contribution in [0.3, 0.4) is 0 Å². The van der Waals surface area contributed by atoms with Gasteiger partial charge in [0.15, 0.2) is 0 Å². The van der Waals surface area contributed by atoms with Crippen LogP contribution >= 0.6 is 0 Å². The summed E-state index contributed by atoms with van der Waals surface area (Å²) in [5.74, 6) is -0.537. The van der Waals surface area contributed by atoms with Gasteiger partial charge in [0.25, 0.3) is 0 Å². The Morgan fingerprint density at radius 1 is 1.12 bits per heavy atom. The van der Waals surface area contributed by atoms with Crippen molar-refractivity contribution in [3.63, 3.8) is 0 Å². The number of nitrogens with one attached hydrogen (secondary N) is 1. The van der Waals surface area contributed by atoms with E-state index in [2.05, 4.69) is 19.2 Å². The molecule has 4 heteroatoms. The number of carboxylic acids is 1. The Morgan fingerprint density at radius 3 is 2.12 bits per heavy atom. The van der Waals surface area contributed by atoms with Gasteiger partial charge in [-0.25, -0.2) is 0 Å². The van der Waals surface area contributed by atoms with E-state index in [1.54, 1.807) is 0 Å². The van der Waals surface area contributed by atoms with Crippen LogP contribution in [0.5, 0.6) is 0 Å². The molecule has 0 aromatic carbocycles. The third-order valence-corrected chi connectivity index (χ3v) is 2.60. The Hall–Kier alpha value is -1.06. The van der Waals surface area contributed by atoms with Gasteiger partial charge >= 0.3 is 5.97 Å². The summed E-state index contributed by atoms with van der Waals surface area (Å²) in [7, 11) is 0. The van der Waals surface area contributed by atoms with Gasteiger partial charge in [0.2, 0.25) is 5.91 Å². The third-order valence-electron chi connectivity index (χ3n) is 2.60. The molecule has 4 nitrogen and oxygen atoms in total. The van der Waals surface area contributed by atoms with E-state index < -0.39 is 11.9 Å². The molecule has 0 heterocycles. The van der Waals surface area contributed by atoms with Gasteiger partial charge in [-0.05, 0) is 24.7 Å². The number of rotatable bonds is 8. The minimum absolute atomic E-state index is 0.0475. The predicted octanol–water partition coefficient (Wildman–Crippen LogP) is 2.29. The first-order valence-electron chi connectivity index (χ1n) is 6.32. The lowest BCUT2D eigenvalue weighted by Crippen LogP contribution is -2.33. The van der Waals surface area contributed by atoms with Crippen molar-refractivity contribution in [2.75, 3.05) is 6.54 Å². The van der Waals surface area contributed by atoms with Crippen molar-refractivity contribution >= 4 is 11.9 Å². The molecule has 0 aliphatic rings. The van der Waals surface area contributed by atoms with Gasteiger partial charge in [-0.3, -0.25) is 9.59 Å². The highest BCUT2D eigenvalue weighted by atomic mass is 16.4. The molecule has 0 radical (unpaired) electrons. The second-order valence-electron chi connectivity index (χ2n) is 5.40. The SMILES string of the molecule is CC(C)CCC(=O)NCC(CC(C)C)C(=O)O. The molecular formula is C13H25NO3. The van der Waals surface area contributed by atoms with Crippen LogP contribution in [0, 0.1) is 17.8 Å². The number of aliphatic carboxylic acids is 1. The van der Waals surface area contributed by atoms with E-state index in [0.717, 1.165) is 6.42 Å². The quantitative estimate of drug-likeness (QED) is 0.687. The fourth-order valence-electron chi connectivity index (χ4n) is 1.59. The molecule has 0 spiro atoms. The van der Waals surface area contributed by atoms with Gasteiger partial charge in [0.05, 0.1) is 5.92 Å². The predicted molar refractivity (Wildman–Crippen MR) is 67.7 cm³/mol. The highest BCUT2D eigenvalue weighted by Crippen LogP contribution is 2.11. The van der Waals surface area contributed by atoms with Crippen molar-refractivity contribution in [3.8, 4) is 0 Å². The molecule has 0 saturated heterocycles. The van der Waals surface area contributed by atoms with Gasteiger partial charge in [-0.15, -0.1) is 0 Å². The van der Waals surface area contributed by atoms with Crippen LogP contribution in [-0.4, -0.2) is 23.5 Å². The summed E-state index contributed by atoms with van der Waals surface area (Å²) >= 11 is 0. The Kier molecular flexibility index (Phi) is 7.59. The molecule has 2 N–H and O–H groups in total. The topological polar surface area (TPSA) is 66.4 Å². The van der Waals surface area contributed by atoms with E-state index in [1.807, 2.05) is 13.8 Å². The molecule has 1 atom stereocenters. The van der Waals surface area contributed by atoms with Gasteiger partial charge in [0.1, 0.15) is 0 Å². The molecule has 0 aromatic heterocycles. The zero-order valence-corrected chi connectivity index (χ0v) is 11.3. The van der Waals surface area contributed by atoms with Crippen molar-refractivity contribution in [3.05, 3.63) is 0 Å². The molecule has 17 heavy (non-hydrogen) atoms. The monoisotopic (exact) mass is 243 g/mol. The van der Waals surface area contributed by atoms with Crippen molar-refractivity contribution in [2.24, 2.45) is 17.8 Å². The molecule has 0 fully saturated rings. The minimum atomic E-state index is -0.831. The standard InChI is InChI=1S/C13H25NO3/c1-9(2)5-6-12(15)14-8-11(13(16)17)7-10(3)4/h9-11H,5-8H2,1-4H3,(H,14,15)(H,16,17). The Labute approximate surface area is 104 Å². The maximum atomic E-state index is 11.5. The molecule has 0 bridgehead atoms. The molecule has 100 valence electrons. The van der Waals surface area contributed by atoms with Crippen LogP contribution in [0.1, 0.15) is 47.0 Å². The molecule has 0 saturated carbocycles. The van der Waals surface area contributed by atoms with Crippen LogP contribution in [-0.2, 0) is 9.59 Å². The number of carboxylic acid groups (broad SMARTS) is 1. The fraction of sp³-hybridized carbons (Fsp3) is 0.846. The summed E-state index contributed by atoms with van der Waals surface area (Å²) in [6.07, 6.45) is 1.92. The first-order chi connectivity index (χ1) is 7.82. The van der Waals surface area contributed by atoms with E-state index in [9.17, 15) is 9.59 Å². The highest BCUT2D eigenvalue weighted by Gasteiger charge is 2.19. The molecule has 1 amide bonds. The lowest BCUT2D eigenvalue weighted by atomic mass is 9.97. The normalized spacial score (nSPS) is 12.8. The van der Waals surface area contributed by atoms with E-state index in [4.69, 9.17) is 5.11 Å². The summed E-state index contributed by atoms with van der Waals surface area (Å²) in [5, 5.41) is 11.7. The number of amides is 1. The summed E-state index contributed by atoms with van der Waals surface area (Å²) < 4.78 is 0. The van der Waals surface area contributed by atoms with Crippen molar-refractivity contribution in [1.82, 2.24) is 5.32 Å². The van der Waals surface area contributed by atoms with Crippen LogP contribution in [0.4, 0.5) is 0 Å². The summed E-state index contributed by atoms with van der Waals surface area (Å²) in [6.45, 7) is 8.33. The molecule has 0 aliphatic heterocycles. The van der Waals surface area contributed by atoms with E-state index in [0.29, 0.717) is 24.7 Å². The second kappa shape index (κ2) is 8.09. The van der Waals surface area contributed by atoms with Crippen LogP contribution in [0.2, 0.25) is 0 Å². The molecule has 0 aromatic rings. The van der Waals surface area contributed by atoms with Gasteiger partial charge in [-0.2, -0.15) is 0 Å². The van der Waals surface area contributed by atoms with E-state index in [1.165, 1.54) is 0 Å². The number of hydrogen-bond acceptors (Lipinski definition) is 2. The average molecular weight is 243 g/mol. The first kappa shape index (κ1) is 15.9. The molecule has 0 aliphatic carbocycles. The Bertz CT molecular complexity index is 249. The summed E-state index contributed by atoms with van der Waals surface area (Å²) in [5.41, 5.74) is 0. The number of carbonyl (C=O) groups excluding carboxylic acids is 1. The lowest BCUT2D eigenvalue weighted by molar-refractivity contribution is -0.142. The van der Waals surface area contributed by atoms with Gasteiger partial charge in [0, 0.05) is 13.0 Å². The molecular weight excluding hydrogens is 218 g/mol. The average Bonchev–Trinajstić information content (AvgIpc) is 2.20. The highest BCUT2D eigenvalue weighted by molar-refractivity contribution is 5.77. The molecule has 0 rings (SSSR count). The van der Waals surface area contributed by atoms with Gasteiger partial charge in [-0.1, -0.05) is 27.7 Å². The maximum absolute atomic E-state index is 11.5. The summed E-state index contributed by atoms with van der Waals surface area (Å²) in [6, 6.07) is 0. The Morgan fingerprint density at radius 2 is 1.71 bits per heavy atom. The lowest BCUT2D eigenvalue weighted by Gasteiger charge is -2.15. The van der Waals surface area contributed by atoms with Crippen LogP contribution in [0.15, 0.2) is 0 Å². The van der Waals surface area contributed by atoms with E-state index >= 15 is 0 Å². The van der Waals surface area contributed by atoms with Gasteiger partial charge < -0.3 is 10.4 Å². The smallest absolute Gasteiger partial charge is 0.308 e. The number of carbonyl (C=O) groups is 2. The first-order valence-corrected chi connectivity index (χ1v) is 6.32. The molecule has 1 unspecified atom stereocenters.